The Hall–Kier alpha value is -0.830. The second-order valence-electron chi connectivity index (χ2n) is 5.21. The van der Waals surface area contributed by atoms with Crippen LogP contribution in [0.15, 0.2) is 0 Å². The maximum Gasteiger partial charge on any atom is 0.322 e. The van der Waals surface area contributed by atoms with E-state index < -0.39 is 17.2 Å². The lowest BCUT2D eigenvalue weighted by atomic mass is 10.1. The van der Waals surface area contributed by atoms with Gasteiger partial charge in [0.25, 0.3) is 0 Å². The molecule has 0 aliphatic rings. The summed E-state index contributed by atoms with van der Waals surface area (Å²) in [7, 11) is 0. The van der Waals surface area contributed by atoms with Gasteiger partial charge in [-0.15, -0.1) is 4.33 Å². The fourth-order valence-electron chi connectivity index (χ4n) is 1.46. The summed E-state index contributed by atoms with van der Waals surface area (Å²) in [5.74, 6) is -0.697. The molecule has 1 atom stereocenters. The zero-order valence-corrected chi connectivity index (χ0v) is 14.2. The van der Waals surface area contributed by atoms with E-state index in [4.69, 9.17) is 14.7 Å². The van der Waals surface area contributed by atoms with Crippen LogP contribution in [0.2, 0.25) is 0 Å². The maximum atomic E-state index is 11.9. The van der Waals surface area contributed by atoms with Crippen LogP contribution < -0.4 is 0 Å². The third kappa shape index (κ3) is 11.8. The molecule has 0 aromatic carbocycles. The number of rotatable bonds is 13. The standard InChI is InChI=1S/C14H26O7S/c1-4-5-6-8-19-14(16)12(22-21-20-17)10-13(15)18-9-7-11(2)3/h11-12,17H,4-10H2,1-3H3. The van der Waals surface area contributed by atoms with Crippen molar-refractivity contribution >= 4 is 24.0 Å². The third-order valence-corrected chi connectivity index (χ3v) is 3.48. The summed E-state index contributed by atoms with van der Waals surface area (Å²) in [4.78, 5) is 23.5. The second-order valence-corrected chi connectivity index (χ2v) is 6.11. The Morgan fingerprint density at radius 3 is 2.45 bits per heavy atom. The minimum absolute atomic E-state index is 0.210. The lowest BCUT2D eigenvalue weighted by Crippen LogP contribution is -2.25. The lowest BCUT2D eigenvalue weighted by molar-refractivity contribution is -0.432. The highest BCUT2D eigenvalue weighted by Gasteiger charge is 2.26. The molecule has 22 heavy (non-hydrogen) atoms. The Morgan fingerprint density at radius 2 is 1.86 bits per heavy atom. The molecule has 130 valence electrons. The monoisotopic (exact) mass is 338 g/mol. The molecule has 0 amide bonds. The number of ether oxygens (including phenoxy) is 2. The Kier molecular flexibility index (Phi) is 13.3. The molecule has 0 spiro atoms. The van der Waals surface area contributed by atoms with Crippen LogP contribution >= 0.6 is 12.0 Å². The Morgan fingerprint density at radius 1 is 1.14 bits per heavy atom. The summed E-state index contributed by atoms with van der Waals surface area (Å²) in [6.45, 7) is 6.67. The molecule has 0 aromatic rings. The predicted molar refractivity (Wildman–Crippen MR) is 81.7 cm³/mol. The van der Waals surface area contributed by atoms with Crippen LogP contribution in [0.3, 0.4) is 0 Å². The maximum absolute atomic E-state index is 11.9. The van der Waals surface area contributed by atoms with Crippen molar-refractivity contribution in [3.05, 3.63) is 0 Å². The fourth-order valence-corrected chi connectivity index (χ4v) is 1.94. The van der Waals surface area contributed by atoms with E-state index in [-0.39, 0.29) is 13.0 Å². The third-order valence-electron chi connectivity index (χ3n) is 2.75. The van der Waals surface area contributed by atoms with Crippen molar-refractivity contribution in [2.24, 2.45) is 5.92 Å². The van der Waals surface area contributed by atoms with Gasteiger partial charge in [0, 0.05) is 0 Å². The summed E-state index contributed by atoms with van der Waals surface area (Å²) in [6.07, 6.45) is 3.27. The first-order valence-electron chi connectivity index (χ1n) is 7.47. The minimum atomic E-state index is -0.944. The van der Waals surface area contributed by atoms with Crippen LogP contribution in [-0.4, -0.2) is 35.7 Å². The quantitative estimate of drug-likeness (QED) is 0.180. The predicted octanol–water partition coefficient (Wildman–Crippen LogP) is 3.14. The molecular weight excluding hydrogens is 312 g/mol. The molecule has 0 saturated heterocycles. The summed E-state index contributed by atoms with van der Waals surface area (Å²) < 4.78 is 14.4. The number of carbonyl (C=O) groups excluding carboxylic acids is 2. The van der Waals surface area contributed by atoms with Gasteiger partial charge in [0.15, 0.2) is 0 Å². The molecule has 0 aliphatic carbocycles. The second kappa shape index (κ2) is 13.8. The van der Waals surface area contributed by atoms with Crippen molar-refractivity contribution in [3.63, 3.8) is 0 Å². The van der Waals surface area contributed by atoms with Crippen LogP contribution in [0.25, 0.3) is 0 Å². The van der Waals surface area contributed by atoms with Gasteiger partial charge in [-0.25, -0.2) is 5.26 Å². The van der Waals surface area contributed by atoms with Gasteiger partial charge in [0.1, 0.15) is 5.25 Å². The number of hydrogen-bond acceptors (Lipinski definition) is 8. The molecule has 1 unspecified atom stereocenters. The van der Waals surface area contributed by atoms with E-state index in [0.717, 1.165) is 25.7 Å². The lowest BCUT2D eigenvalue weighted by Gasteiger charge is -2.13. The Labute approximate surface area is 135 Å². The van der Waals surface area contributed by atoms with E-state index in [2.05, 4.69) is 9.37 Å². The van der Waals surface area contributed by atoms with Crippen LogP contribution in [0.1, 0.15) is 52.9 Å². The van der Waals surface area contributed by atoms with Crippen LogP contribution in [0.4, 0.5) is 0 Å². The molecule has 0 aliphatic heterocycles. The zero-order chi connectivity index (χ0) is 16.8. The number of unbranched alkanes of at least 4 members (excludes halogenated alkanes) is 2. The molecule has 0 saturated carbocycles. The van der Waals surface area contributed by atoms with E-state index in [9.17, 15) is 9.59 Å². The molecule has 8 heteroatoms. The Balaban J connectivity index is 4.19. The van der Waals surface area contributed by atoms with Gasteiger partial charge in [-0.3, -0.25) is 9.59 Å². The molecule has 1 N–H and O–H groups in total. The van der Waals surface area contributed by atoms with Gasteiger partial charge in [-0.05, 0) is 18.8 Å². The van der Waals surface area contributed by atoms with Gasteiger partial charge < -0.3 is 9.47 Å². The Bertz CT molecular complexity index is 310. The van der Waals surface area contributed by atoms with Gasteiger partial charge in [-0.1, -0.05) is 38.7 Å². The number of hydrogen-bond donors (Lipinski definition) is 1. The normalized spacial score (nSPS) is 12.2. The van der Waals surface area contributed by atoms with Crippen molar-refractivity contribution in [3.8, 4) is 0 Å². The molecule has 7 nitrogen and oxygen atoms in total. The highest BCUT2D eigenvalue weighted by atomic mass is 32.2. The largest absolute Gasteiger partial charge is 0.466 e. The van der Waals surface area contributed by atoms with Crippen molar-refractivity contribution in [1.82, 2.24) is 0 Å². The van der Waals surface area contributed by atoms with E-state index in [1.165, 1.54) is 0 Å². The van der Waals surface area contributed by atoms with E-state index in [0.29, 0.717) is 24.6 Å². The van der Waals surface area contributed by atoms with E-state index >= 15 is 0 Å². The smallest absolute Gasteiger partial charge is 0.322 e. The minimum Gasteiger partial charge on any atom is -0.466 e. The first kappa shape index (κ1) is 21.2. The summed E-state index contributed by atoms with van der Waals surface area (Å²) in [5.41, 5.74) is 0. The molecule has 0 bridgehead atoms. The van der Waals surface area contributed by atoms with E-state index in [1.807, 2.05) is 20.8 Å². The van der Waals surface area contributed by atoms with Gasteiger partial charge in [-0.2, -0.15) is 0 Å². The summed E-state index contributed by atoms with van der Waals surface area (Å²) in [6, 6.07) is 0. The van der Waals surface area contributed by atoms with Crippen molar-refractivity contribution in [2.75, 3.05) is 13.2 Å². The highest BCUT2D eigenvalue weighted by molar-refractivity contribution is 7.95. The van der Waals surface area contributed by atoms with Crippen LogP contribution in [-0.2, 0) is 28.4 Å². The van der Waals surface area contributed by atoms with Gasteiger partial charge >= 0.3 is 11.9 Å². The molecule has 0 heterocycles. The molecule has 0 aromatic heterocycles. The summed E-state index contributed by atoms with van der Waals surface area (Å²) in [5, 5.41) is 10.7. The van der Waals surface area contributed by atoms with Crippen molar-refractivity contribution < 1.29 is 33.7 Å². The SMILES string of the molecule is CCCCCOC(=O)C(CC(=O)OCCC(C)C)SOOO. The molecule has 0 radical (unpaired) electrons. The van der Waals surface area contributed by atoms with Gasteiger partial charge in [0.05, 0.1) is 31.7 Å². The van der Waals surface area contributed by atoms with Crippen LogP contribution in [0.5, 0.6) is 0 Å². The first-order chi connectivity index (χ1) is 10.5. The molecule has 0 fully saturated rings. The summed E-state index contributed by atoms with van der Waals surface area (Å²) >= 11 is 0.514. The van der Waals surface area contributed by atoms with Gasteiger partial charge in [0.2, 0.25) is 0 Å². The van der Waals surface area contributed by atoms with E-state index in [1.54, 1.807) is 0 Å². The van der Waals surface area contributed by atoms with Crippen molar-refractivity contribution in [2.45, 2.75) is 58.1 Å². The fraction of sp³-hybridized carbons (Fsp3) is 0.857. The average Bonchev–Trinajstić information content (AvgIpc) is 2.47. The molecular formula is C14H26O7S. The zero-order valence-electron chi connectivity index (χ0n) is 13.4. The molecule has 0 rings (SSSR count). The highest BCUT2D eigenvalue weighted by Crippen LogP contribution is 2.19. The number of esters is 2. The van der Waals surface area contributed by atoms with Crippen LogP contribution in [0, 0.1) is 5.92 Å². The topological polar surface area (TPSA) is 91.3 Å². The number of carbonyl (C=O) groups is 2. The van der Waals surface area contributed by atoms with Crippen molar-refractivity contribution in [1.29, 1.82) is 0 Å². The first-order valence-corrected chi connectivity index (χ1v) is 8.27. The average molecular weight is 338 g/mol.